The maximum atomic E-state index is 11.0. The summed E-state index contributed by atoms with van der Waals surface area (Å²) in [6, 6.07) is 7.51. The zero-order valence-corrected chi connectivity index (χ0v) is 8.42. The van der Waals surface area contributed by atoms with E-state index >= 15 is 0 Å². The predicted molar refractivity (Wildman–Crippen MR) is 57.0 cm³/mol. The van der Waals surface area contributed by atoms with E-state index in [1.807, 2.05) is 38.1 Å². The van der Waals surface area contributed by atoms with Crippen LogP contribution in [-0.4, -0.2) is 12.6 Å². The van der Waals surface area contributed by atoms with Gasteiger partial charge >= 0.3 is 6.03 Å². The lowest BCUT2D eigenvalue weighted by molar-refractivity contribution is 0.243. The Morgan fingerprint density at radius 1 is 1.36 bits per heavy atom. The molecule has 0 atom stereocenters. The van der Waals surface area contributed by atoms with Gasteiger partial charge in [-0.25, -0.2) is 4.79 Å². The molecule has 0 fully saturated rings. The molecule has 0 aliphatic heterocycles. The van der Waals surface area contributed by atoms with Crippen LogP contribution in [0.5, 0.6) is 0 Å². The first kappa shape index (κ1) is 10.4. The molecule has 1 rings (SSSR count). The van der Waals surface area contributed by atoms with Gasteiger partial charge in [0.25, 0.3) is 0 Å². The average Bonchev–Trinajstić information content (AvgIpc) is 2.17. The van der Waals surface area contributed by atoms with Crippen molar-refractivity contribution in [2.75, 3.05) is 12.0 Å². The van der Waals surface area contributed by atoms with Crippen molar-refractivity contribution < 1.29 is 4.79 Å². The minimum atomic E-state index is -0.226. The number of anilines is 1. The summed E-state index contributed by atoms with van der Waals surface area (Å²) in [5.74, 6) is 0. The number of para-hydroxylation sites is 1. The van der Waals surface area contributed by atoms with Gasteiger partial charge in [-0.1, -0.05) is 18.2 Å². The lowest BCUT2D eigenvalue weighted by Crippen LogP contribution is -2.38. The van der Waals surface area contributed by atoms with Crippen molar-refractivity contribution in [2.45, 2.75) is 13.8 Å². The van der Waals surface area contributed by atoms with Crippen LogP contribution >= 0.6 is 0 Å². The van der Waals surface area contributed by atoms with Crippen molar-refractivity contribution >= 4 is 11.7 Å². The Morgan fingerprint density at radius 2 is 2.07 bits per heavy atom. The zero-order chi connectivity index (χ0) is 10.4. The van der Waals surface area contributed by atoms with Gasteiger partial charge in [0.2, 0.25) is 0 Å². The Balaban J connectivity index is 2.46. The molecule has 14 heavy (non-hydrogen) atoms. The van der Waals surface area contributed by atoms with Gasteiger partial charge in [0.1, 0.15) is 0 Å². The quantitative estimate of drug-likeness (QED) is 0.639. The second kappa shape index (κ2) is 5.11. The number of hydrogen-bond acceptors (Lipinski definition) is 2. The monoisotopic (exact) mass is 193 g/mol. The van der Waals surface area contributed by atoms with Crippen molar-refractivity contribution in [1.82, 2.24) is 10.7 Å². The van der Waals surface area contributed by atoms with E-state index in [2.05, 4.69) is 16.2 Å². The molecule has 0 aromatic heterocycles. The van der Waals surface area contributed by atoms with Crippen molar-refractivity contribution in [3.05, 3.63) is 29.8 Å². The van der Waals surface area contributed by atoms with Crippen LogP contribution in [0.1, 0.15) is 12.5 Å². The van der Waals surface area contributed by atoms with E-state index in [1.54, 1.807) is 0 Å². The molecule has 0 unspecified atom stereocenters. The molecule has 0 saturated heterocycles. The standard InChI is InChI=1S/C10H15N3O/c1-3-11-10(14)13-12-9-7-5-4-6-8(9)2/h4-7,12H,3H2,1-2H3,(H2,11,13,14). The summed E-state index contributed by atoms with van der Waals surface area (Å²) >= 11 is 0. The third kappa shape index (κ3) is 2.97. The largest absolute Gasteiger partial charge is 0.337 e. The first-order valence-corrected chi connectivity index (χ1v) is 4.59. The first-order chi connectivity index (χ1) is 6.74. The van der Waals surface area contributed by atoms with Gasteiger partial charge in [-0.15, -0.1) is 0 Å². The number of benzene rings is 1. The molecule has 2 amide bonds. The van der Waals surface area contributed by atoms with E-state index in [1.165, 1.54) is 0 Å². The Morgan fingerprint density at radius 3 is 2.71 bits per heavy atom. The summed E-state index contributed by atoms with van der Waals surface area (Å²) in [4.78, 5) is 11.0. The van der Waals surface area contributed by atoms with E-state index in [0.29, 0.717) is 6.54 Å². The highest BCUT2D eigenvalue weighted by atomic mass is 16.2. The SMILES string of the molecule is CCNC(=O)NNc1ccccc1C. The highest BCUT2D eigenvalue weighted by Gasteiger charge is 1.98. The van der Waals surface area contributed by atoms with Crippen LogP contribution in [0.4, 0.5) is 10.5 Å². The third-order valence-electron chi connectivity index (χ3n) is 1.79. The summed E-state index contributed by atoms with van der Waals surface area (Å²) in [5.41, 5.74) is 7.37. The van der Waals surface area contributed by atoms with Crippen molar-refractivity contribution in [1.29, 1.82) is 0 Å². The maximum Gasteiger partial charge on any atom is 0.333 e. The molecule has 0 bridgehead atoms. The lowest BCUT2D eigenvalue weighted by atomic mass is 10.2. The second-order valence-electron chi connectivity index (χ2n) is 2.92. The fourth-order valence-electron chi connectivity index (χ4n) is 1.04. The minimum absolute atomic E-state index is 0.226. The number of hydrazine groups is 1. The van der Waals surface area contributed by atoms with Crippen LogP contribution < -0.4 is 16.2 Å². The summed E-state index contributed by atoms with van der Waals surface area (Å²) in [7, 11) is 0. The van der Waals surface area contributed by atoms with Gasteiger partial charge in [-0.2, -0.15) is 0 Å². The van der Waals surface area contributed by atoms with Gasteiger partial charge in [0.15, 0.2) is 0 Å². The Kier molecular flexibility index (Phi) is 3.79. The number of carbonyl (C=O) groups is 1. The van der Waals surface area contributed by atoms with Crippen LogP contribution in [0.2, 0.25) is 0 Å². The van der Waals surface area contributed by atoms with Gasteiger partial charge in [-0.05, 0) is 25.5 Å². The van der Waals surface area contributed by atoms with Gasteiger partial charge in [0.05, 0.1) is 5.69 Å². The molecular weight excluding hydrogens is 178 g/mol. The fourth-order valence-corrected chi connectivity index (χ4v) is 1.04. The predicted octanol–water partition coefficient (Wildman–Crippen LogP) is 1.64. The number of carbonyl (C=O) groups excluding carboxylic acids is 1. The molecule has 1 aromatic carbocycles. The molecule has 0 aliphatic rings. The normalized spacial score (nSPS) is 9.29. The van der Waals surface area contributed by atoms with Crippen molar-refractivity contribution in [3.63, 3.8) is 0 Å². The van der Waals surface area contributed by atoms with E-state index in [9.17, 15) is 4.79 Å². The minimum Gasteiger partial charge on any atom is -0.337 e. The molecule has 0 saturated carbocycles. The van der Waals surface area contributed by atoms with E-state index in [4.69, 9.17) is 0 Å². The van der Waals surface area contributed by atoms with Crippen LogP contribution in [0.15, 0.2) is 24.3 Å². The topological polar surface area (TPSA) is 53.2 Å². The van der Waals surface area contributed by atoms with Crippen LogP contribution in [0.25, 0.3) is 0 Å². The van der Waals surface area contributed by atoms with Crippen molar-refractivity contribution in [3.8, 4) is 0 Å². The maximum absolute atomic E-state index is 11.0. The summed E-state index contributed by atoms with van der Waals surface area (Å²) in [6.07, 6.45) is 0. The van der Waals surface area contributed by atoms with E-state index < -0.39 is 0 Å². The van der Waals surface area contributed by atoms with Gasteiger partial charge in [0, 0.05) is 6.54 Å². The van der Waals surface area contributed by atoms with Crippen molar-refractivity contribution in [2.24, 2.45) is 0 Å². The van der Waals surface area contributed by atoms with E-state index in [0.717, 1.165) is 11.3 Å². The number of urea groups is 1. The molecular formula is C10H15N3O. The fraction of sp³-hybridized carbons (Fsp3) is 0.300. The highest BCUT2D eigenvalue weighted by molar-refractivity contribution is 5.75. The van der Waals surface area contributed by atoms with Crippen LogP contribution in [-0.2, 0) is 0 Å². The molecule has 4 heteroatoms. The van der Waals surface area contributed by atoms with E-state index in [-0.39, 0.29) is 6.03 Å². The van der Waals surface area contributed by atoms with Gasteiger partial charge in [-0.3, -0.25) is 10.9 Å². The number of nitrogens with one attached hydrogen (secondary N) is 3. The third-order valence-corrected chi connectivity index (χ3v) is 1.79. The molecule has 76 valence electrons. The Bertz CT molecular complexity index is 312. The number of rotatable bonds is 3. The molecule has 0 spiro atoms. The molecule has 0 aliphatic carbocycles. The first-order valence-electron chi connectivity index (χ1n) is 4.59. The number of hydrogen-bond donors (Lipinski definition) is 3. The molecule has 0 radical (unpaired) electrons. The molecule has 1 aromatic rings. The van der Waals surface area contributed by atoms with Crippen LogP contribution in [0.3, 0.4) is 0 Å². The number of aryl methyl sites for hydroxylation is 1. The second-order valence-corrected chi connectivity index (χ2v) is 2.92. The average molecular weight is 193 g/mol. The summed E-state index contributed by atoms with van der Waals surface area (Å²) in [5, 5.41) is 2.62. The van der Waals surface area contributed by atoms with Crippen LogP contribution in [0, 0.1) is 6.92 Å². The Hall–Kier alpha value is -1.71. The lowest BCUT2D eigenvalue weighted by Gasteiger charge is -2.10. The smallest absolute Gasteiger partial charge is 0.333 e. The molecule has 0 heterocycles. The number of amides is 2. The summed E-state index contributed by atoms with van der Waals surface area (Å²) in [6.45, 7) is 4.45. The molecule has 4 nitrogen and oxygen atoms in total. The molecule has 3 N–H and O–H groups in total. The van der Waals surface area contributed by atoms with Gasteiger partial charge < -0.3 is 5.32 Å². The zero-order valence-electron chi connectivity index (χ0n) is 8.42. The summed E-state index contributed by atoms with van der Waals surface area (Å²) < 4.78 is 0. The Labute approximate surface area is 83.7 Å². The highest BCUT2D eigenvalue weighted by Crippen LogP contribution is 2.11.